The molecular formula is C26H32BrN3O2. The van der Waals surface area contributed by atoms with Gasteiger partial charge in [-0.05, 0) is 35.1 Å². The Bertz CT molecular complexity index is 1010. The van der Waals surface area contributed by atoms with Gasteiger partial charge >= 0.3 is 6.09 Å². The summed E-state index contributed by atoms with van der Waals surface area (Å²) >= 11 is 3.48. The number of amides is 1. The molecule has 0 fully saturated rings. The molecule has 1 atom stereocenters. The Kier molecular flexibility index (Phi) is 8.13. The normalized spacial score (nSPS) is 12.4. The predicted molar refractivity (Wildman–Crippen MR) is 131 cm³/mol. The van der Waals surface area contributed by atoms with Gasteiger partial charge in [0.25, 0.3) is 0 Å². The molecule has 1 unspecified atom stereocenters. The number of aromatic nitrogens is 2. The first-order chi connectivity index (χ1) is 15.3. The number of hydrogen-bond donors (Lipinski definition) is 1. The smallest absolute Gasteiger partial charge is 0.408 e. The van der Waals surface area contributed by atoms with E-state index in [1.54, 1.807) is 0 Å². The maximum atomic E-state index is 12.7. The molecule has 5 nitrogen and oxygen atoms in total. The van der Waals surface area contributed by atoms with Gasteiger partial charge in [0.2, 0.25) is 0 Å². The minimum Gasteiger partial charge on any atom is -0.445 e. The second-order valence-electron chi connectivity index (χ2n) is 8.95. The Hall–Kier alpha value is -2.60. The number of hydrogen-bond acceptors (Lipinski definition) is 3. The SMILES string of the molecule is CCC(C)(C)Cc1cnc(C(Cc2ccc(Br)cc2)NC(=O)OCc2ccccc2)n1C. The predicted octanol–water partition coefficient (Wildman–Crippen LogP) is 6.37. The fraction of sp³-hybridized carbons (Fsp3) is 0.385. The summed E-state index contributed by atoms with van der Waals surface area (Å²) in [5.74, 6) is 0.825. The van der Waals surface area contributed by atoms with Gasteiger partial charge in [0.05, 0.1) is 6.04 Å². The van der Waals surface area contributed by atoms with Crippen LogP contribution in [0.25, 0.3) is 0 Å². The fourth-order valence-corrected chi connectivity index (χ4v) is 3.80. The van der Waals surface area contributed by atoms with E-state index in [0.29, 0.717) is 6.42 Å². The van der Waals surface area contributed by atoms with Gasteiger partial charge in [0.1, 0.15) is 12.4 Å². The second-order valence-corrected chi connectivity index (χ2v) is 9.87. The van der Waals surface area contributed by atoms with Gasteiger partial charge < -0.3 is 14.6 Å². The van der Waals surface area contributed by atoms with Gasteiger partial charge in [0.15, 0.2) is 0 Å². The van der Waals surface area contributed by atoms with E-state index in [4.69, 9.17) is 9.72 Å². The van der Waals surface area contributed by atoms with E-state index < -0.39 is 6.09 Å². The van der Waals surface area contributed by atoms with Gasteiger partial charge in [-0.25, -0.2) is 9.78 Å². The van der Waals surface area contributed by atoms with Crippen LogP contribution in [0.5, 0.6) is 0 Å². The Balaban J connectivity index is 1.78. The molecule has 1 aromatic heterocycles. The van der Waals surface area contributed by atoms with Crippen LogP contribution in [-0.4, -0.2) is 15.6 Å². The number of rotatable bonds is 9. The lowest BCUT2D eigenvalue weighted by Gasteiger charge is -2.23. The quantitative estimate of drug-likeness (QED) is 0.373. The second kappa shape index (κ2) is 10.8. The van der Waals surface area contributed by atoms with Crippen LogP contribution in [0.1, 0.15) is 55.9 Å². The molecule has 6 heteroatoms. The van der Waals surface area contributed by atoms with Crippen LogP contribution in [0.3, 0.4) is 0 Å². The van der Waals surface area contributed by atoms with Crippen molar-refractivity contribution in [3.63, 3.8) is 0 Å². The summed E-state index contributed by atoms with van der Waals surface area (Å²) < 4.78 is 8.62. The maximum absolute atomic E-state index is 12.7. The standard InChI is InChI=1S/C26H32BrN3O2/c1-5-26(2,3)16-22-17-28-24(30(22)4)23(15-19-11-13-21(27)14-12-19)29-25(31)32-18-20-9-7-6-8-10-20/h6-14,17,23H,5,15-16,18H2,1-4H3,(H,29,31). The Morgan fingerprint density at radius 2 is 1.81 bits per heavy atom. The maximum Gasteiger partial charge on any atom is 0.408 e. The minimum atomic E-state index is -0.450. The average Bonchev–Trinajstić information content (AvgIpc) is 3.13. The molecule has 1 amide bonds. The highest BCUT2D eigenvalue weighted by Gasteiger charge is 2.24. The van der Waals surface area contributed by atoms with Crippen molar-refractivity contribution in [2.75, 3.05) is 0 Å². The van der Waals surface area contributed by atoms with Crippen molar-refractivity contribution in [2.45, 2.75) is 52.7 Å². The molecule has 32 heavy (non-hydrogen) atoms. The van der Waals surface area contributed by atoms with E-state index in [0.717, 1.165) is 40.0 Å². The van der Waals surface area contributed by atoms with Crippen LogP contribution in [0.4, 0.5) is 4.79 Å². The summed E-state index contributed by atoms with van der Waals surface area (Å²) in [6.45, 7) is 6.96. The first kappa shape index (κ1) is 24.1. The molecule has 170 valence electrons. The molecule has 0 bridgehead atoms. The number of halogens is 1. The zero-order valence-corrected chi connectivity index (χ0v) is 20.9. The van der Waals surface area contributed by atoms with Crippen LogP contribution < -0.4 is 5.32 Å². The molecule has 3 aromatic rings. The molecular weight excluding hydrogens is 466 g/mol. The van der Waals surface area contributed by atoms with Crippen LogP contribution in [0.2, 0.25) is 0 Å². The Morgan fingerprint density at radius 1 is 1.12 bits per heavy atom. The zero-order chi connectivity index (χ0) is 23.1. The van der Waals surface area contributed by atoms with Crippen molar-refractivity contribution in [3.05, 3.63) is 87.9 Å². The number of alkyl carbamates (subject to hydrolysis) is 1. The van der Waals surface area contributed by atoms with Crippen LogP contribution >= 0.6 is 15.9 Å². The fourth-order valence-electron chi connectivity index (χ4n) is 3.53. The largest absolute Gasteiger partial charge is 0.445 e. The number of imidazole rings is 1. The molecule has 3 rings (SSSR count). The molecule has 0 radical (unpaired) electrons. The molecule has 0 saturated carbocycles. The Labute approximate surface area is 199 Å². The van der Waals surface area contributed by atoms with E-state index in [2.05, 4.69) is 58.7 Å². The highest BCUT2D eigenvalue weighted by atomic mass is 79.9. The third kappa shape index (κ3) is 6.70. The summed E-state index contributed by atoms with van der Waals surface area (Å²) in [4.78, 5) is 17.4. The number of nitrogens with one attached hydrogen (secondary N) is 1. The summed E-state index contributed by atoms with van der Waals surface area (Å²) in [6.07, 6.45) is 4.11. The lowest BCUT2D eigenvalue weighted by molar-refractivity contribution is 0.135. The molecule has 0 saturated heterocycles. The number of nitrogens with zero attached hydrogens (tertiary/aromatic N) is 2. The van der Waals surface area contributed by atoms with E-state index in [-0.39, 0.29) is 18.1 Å². The zero-order valence-electron chi connectivity index (χ0n) is 19.3. The monoisotopic (exact) mass is 497 g/mol. The van der Waals surface area contributed by atoms with Crippen molar-refractivity contribution in [2.24, 2.45) is 12.5 Å². The van der Waals surface area contributed by atoms with E-state index in [1.165, 1.54) is 0 Å². The number of carbonyl (C=O) groups excluding carboxylic acids is 1. The molecule has 0 aliphatic heterocycles. The van der Waals surface area contributed by atoms with E-state index >= 15 is 0 Å². The summed E-state index contributed by atoms with van der Waals surface area (Å²) in [5, 5.41) is 3.04. The molecule has 0 aliphatic carbocycles. The topological polar surface area (TPSA) is 56.1 Å². The summed E-state index contributed by atoms with van der Waals surface area (Å²) in [7, 11) is 2.02. The van der Waals surface area contributed by atoms with Gasteiger partial charge in [-0.3, -0.25) is 0 Å². The molecule has 0 spiro atoms. The minimum absolute atomic E-state index is 0.189. The van der Waals surface area contributed by atoms with E-state index in [1.807, 2.05) is 55.7 Å². The highest BCUT2D eigenvalue weighted by Crippen LogP contribution is 2.27. The molecule has 1 N–H and O–H groups in total. The van der Waals surface area contributed by atoms with Crippen LogP contribution in [0.15, 0.2) is 65.3 Å². The summed E-state index contributed by atoms with van der Waals surface area (Å²) in [5.41, 5.74) is 3.41. The van der Waals surface area contributed by atoms with E-state index in [9.17, 15) is 4.79 Å². The van der Waals surface area contributed by atoms with Crippen molar-refractivity contribution in [3.8, 4) is 0 Å². The third-order valence-corrected chi connectivity index (χ3v) is 6.44. The van der Waals surface area contributed by atoms with Crippen molar-refractivity contribution in [1.29, 1.82) is 0 Å². The number of carbonyl (C=O) groups is 1. The van der Waals surface area contributed by atoms with Gasteiger partial charge in [0, 0.05) is 29.8 Å². The molecule has 0 aliphatic rings. The number of ether oxygens (including phenoxy) is 1. The third-order valence-electron chi connectivity index (χ3n) is 5.91. The first-order valence-electron chi connectivity index (χ1n) is 11.0. The van der Waals surface area contributed by atoms with Crippen molar-refractivity contribution in [1.82, 2.24) is 14.9 Å². The van der Waals surface area contributed by atoms with Gasteiger partial charge in [-0.2, -0.15) is 0 Å². The average molecular weight is 498 g/mol. The number of benzene rings is 2. The highest BCUT2D eigenvalue weighted by molar-refractivity contribution is 9.10. The van der Waals surface area contributed by atoms with Gasteiger partial charge in [-0.15, -0.1) is 0 Å². The van der Waals surface area contributed by atoms with Gasteiger partial charge in [-0.1, -0.05) is 85.6 Å². The molecule has 1 heterocycles. The van der Waals surface area contributed by atoms with Crippen molar-refractivity contribution < 1.29 is 9.53 Å². The van der Waals surface area contributed by atoms with Crippen LogP contribution in [0, 0.1) is 5.41 Å². The Morgan fingerprint density at radius 3 is 2.47 bits per heavy atom. The first-order valence-corrected chi connectivity index (χ1v) is 11.8. The lowest BCUT2D eigenvalue weighted by Crippen LogP contribution is -2.32. The lowest BCUT2D eigenvalue weighted by atomic mass is 9.85. The molecule has 2 aromatic carbocycles. The summed E-state index contributed by atoms with van der Waals surface area (Å²) in [6, 6.07) is 17.5. The van der Waals surface area contributed by atoms with Crippen LogP contribution in [-0.2, 0) is 31.2 Å². The van der Waals surface area contributed by atoms with Crippen molar-refractivity contribution >= 4 is 22.0 Å².